The van der Waals surface area contributed by atoms with Crippen LogP contribution in [0.3, 0.4) is 0 Å². The Morgan fingerprint density at radius 2 is 2.04 bits per heavy atom. The van der Waals surface area contributed by atoms with Crippen molar-refractivity contribution in [2.24, 2.45) is 13.0 Å². The lowest BCUT2D eigenvalue weighted by Crippen LogP contribution is -2.11. The van der Waals surface area contributed by atoms with Crippen LogP contribution in [0.5, 0.6) is 0 Å². The van der Waals surface area contributed by atoms with Crippen molar-refractivity contribution in [2.75, 3.05) is 13.7 Å². The van der Waals surface area contributed by atoms with Crippen LogP contribution in [0.25, 0.3) is 22.6 Å². The van der Waals surface area contributed by atoms with E-state index in [4.69, 9.17) is 4.74 Å². The molecule has 3 aromatic rings. The van der Waals surface area contributed by atoms with Gasteiger partial charge in [-0.2, -0.15) is 5.10 Å². The molecule has 1 aliphatic rings. The Bertz CT molecular complexity index is 938. The van der Waals surface area contributed by atoms with Crippen molar-refractivity contribution in [1.29, 1.82) is 0 Å². The lowest BCUT2D eigenvalue weighted by molar-refractivity contribution is 0.0923. The van der Waals surface area contributed by atoms with Gasteiger partial charge in [0.2, 0.25) is 0 Å². The van der Waals surface area contributed by atoms with Crippen LogP contribution in [-0.2, 0) is 18.3 Å². The molecule has 0 amide bonds. The molecule has 0 spiro atoms. The van der Waals surface area contributed by atoms with Gasteiger partial charge in [0.15, 0.2) is 11.6 Å². The first-order valence-electron chi connectivity index (χ1n) is 9.19. The fourth-order valence-electron chi connectivity index (χ4n) is 3.16. The number of hydrogen-bond donors (Lipinski definition) is 0. The first-order valence-corrected chi connectivity index (χ1v) is 9.19. The minimum Gasteiger partial charge on any atom is -0.384 e. The summed E-state index contributed by atoms with van der Waals surface area (Å²) < 4.78 is 8.89. The van der Waals surface area contributed by atoms with Gasteiger partial charge >= 0.3 is 0 Å². The molecule has 0 saturated heterocycles. The Morgan fingerprint density at radius 3 is 2.67 bits per heavy atom. The molecule has 0 aliphatic heterocycles. The number of hydrogen-bond acceptors (Lipinski definition) is 5. The number of Topliss-reactive ketones (excluding diaryl/α,β-unsaturated/α-hetero) is 1. The van der Waals surface area contributed by atoms with Gasteiger partial charge in [-0.1, -0.05) is 0 Å². The van der Waals surface area contributed by atoms with Crippen molar-refractivity contribution < 1.29 is 9.53 Å². The molecule has 0 N–H and O–H groups in total. The number of carbonyl (C=O) groups excluding carboxylic acids is 1. The Kier molecular flexibility index (Phi) is 4.85. The van der Waals surface area contributed by atoms with Gasteiger partial charge in [0.05, 0.1) is 12.3 Å². The molecule has 0 unspecified atom stereocenters. The number of ketones is 1. The summed E-state index contributed by atoms with van der Waals surface area (Å²) in [5, 5.41) is 4.15. The number of aromatic nitrogens is 5. The fraction of sp³-hybridized carbons (Fsp3) is 0.400. The maximum atomic E-state index is 12.6. The van der Waals surface area contributed by atoms with Crippen LogP contribution in [0.4, 0.5) is 0 Å². The molecule has 3 heterocycles. The molecule has 0 radical (unpaired) electrons. The average molecular weight is 365 g/mol. The smallest absolute Gasteiger partial charge is 0.181 e. The highest BCUT2D eigenvalue weighted by Gasteiger charge is 2.24. The number of methoxy groups -OCH3 is 1. The van der Waals surface area contributed by atoms with E-state index < -0.39 is 0 Å². The maximum absolute atomic E-state index is 12.6. The molecule has 0 bridgehead atoms. The van der Waals surface area contributed by atoms with E-state index in [0.717, 1.165) is 29.1 Å². The van der Waals surface area contributed by atoms with Crippen molar-refractivity contribution >= 4 is 5.78 Å². The molecule has 1 fully saturated rings. The molecule has 7 heteroatoms. The average Bonchev–Trinajstić information content (AvgIpc) is 3.23. The second-order valence-corrected chi connectivity index (χ2v) is 7.01. The van der Waals surface area contributed by atoms with Gasteiger partial charge in [0.1, 0.15) is 5.69 Å². The second-order valence-electron chi connectivity index (χ2n) is 7.01. The van der Waals surface area contributed by atoms with Crippen LogP contribution in [0, 0.1) is 5.92 Å². The van der Waals surface area contributed by atoms with E-state index in [1.807, 2.05) is 25.4 Å². The molecular weight excluding hydrogens is 342 g/mol. The summed E-state index contributed by atoms with van der Waals surface area (Å²) in [4.78, 5) is 21.5. The van der Waals surface area contributed by atoms with Gasteiger partial charge in [-0.15, -0.1) is 0 Å². The van der Waals surface area contributed by atoms with Gasteiger partial charge in [-0.05, 0) is 30.9 Å². The normalized spacial score (nSPS) is 13.9. The molecule has 0 atom stereocenters. The standard InChI is InChI=1S/C20H23N5O2/c1-24-17(5-7-23-24)20-21-10-16(11-22-20)15-9-18(19(26)6-8-27-2)25(13-15)12-14-3-4-14/h5,7,9-11,13-14H,3-4,6,8,12H2,1-2H3. The van der Waals surface area contributed by atoms with Crippen LogP contribution in [0.1, 0.15) is 29.8 Å². The van der Waals surface area contributed by atoms with E-state index in [1.54, 1.807) is 30.4 Å². The van der Waals surface area contributed by atoms with Crippen LogP contribution in [-0.4, -0.2) is 43.8 Å². The summed E-state index contributed by atoms with van der Waals surface area (Å²) in [6, 6.07) is 3.83. The zero-order valence-corrected chi connectivity index (χ0v) is 15.6. The van der Waals surface area contributed by atoms with Crippen molar-refractivity contribution in [3.63, 3.8) is 0 Å². The number of nitrogens with zero attached hydrogens (tertiary/aromatic N) is 5. The van der Waals surface area contributed by atoms with Crippen molar-refractivity contribution in [2.45, 2.75) is 25.8 Å². The monoisotopic (exact) mass is 365 g/mol. The Balaban J connectivity index is 1.61. The molecule has 3 aromatic heterocycles. The minimum absolute atomic E-state index is 0.108. The van der Waals surface area contributed by atoms with Crippen LogP contribution in [0.2, 0.25) is 0 Å². The lowest BCUT2D eigenvalue weighted by atomic mass is 10.1. The van der Waals surface area contributed by atoms with Crippen molar-refractivity contribution in [3.8, 4) is 22.6 Å². The Hall–Kier alpha value is -2.80. The second kappa shape index (κ2) is 7.44. The molecule has 1 aliphatic carbocycles. The van der Waals surface area contributed by atoms with Gasteiger partial charge < -0.3 is 9.30 Å². The van der Waals surface area contributed by atoms with E-state index >= 15 is 0 Å². The molecular formula is C20H23N5O2. The summed E-state index contributed by atoms with van der Waals surface area (Å²) in [6.07, 6.45) is 10.2. The van der Waals surface area contributed by atoms with Gasteiger partial charge in [-0.3, -0.25) is 9.48 Å². The third-order valence-corrected chi connectivity index (χ3v) is 4.90. The predicted octanol–water partition coefficient (Wildman–Crippen LogP) is 2.97. The first kappa shape index (κ1) is 17.6. The Morgan fingerprint density at radius 1 is 1.26 bits per heavy atom. The molecule has 140 valence electrons. The van der Waals surface area contributed by atoms with Crippen molar-refractivity contribution in [1.82, 2.24) is 24.3 Å². The van der Waals surface area contributed by atoms with E-state index in [-0.39, 0.29) is 5.78 Å². The number of aryl methyl sites for hydroxylation is 1. The molecule has 4 rings (SSSR count). The highest BCUT2D eigenvalue weighted by molar-refractivity contribution is 5.96. The zero-order valence-electron chi connectivity index (χ0n) is 15.6. The lowest BCUT2D eigenvalue weighted by Gasteiger charge is -2.07. The zero-order chi connectivity index (χ0) is 18.8. The maximum Gasteiger partial charge on any atom is 0.181 e. The first-order chi connectivity index (χ1) is 13.2. The largest absolute Gasteiger partial charge is 0.384 e. The predicted molar refractivity (Wildman–Crippen MR) is 101 cm³/mol. The summed E-state index contributed by atoms with van der Waals surface area (Å²) in [5.74, 6) is 1.42. The van der Waals surface area contributed by atoms with Crippen LogP contribution in [0.15, 0.2) is 36.9 Å². The molecule has 27 heavy (non-hydrogen) atoms. The van der Waals surface area contributed by atoms with E-state index in [2.05, 4.69) is 19.6 Å². The van der Waals surface area contributed by atoms with Gasteiger partial charge in [0, 0.05) is 63.0 Å². The highest BCUT2D eigenvalue weighted by Crippen LogP contribution is 2.33. The number of rotatable bonds is 8. The SMILES string of the molecule is COCCC(=O)c1cc(-c2cnc(-c3ccnn3C)nc2)cn1CC1CC1. The van der Waals surface area contributed by atoms with E-state index in [9.17, 15) is 4.79 Å². The minimum atomic E-state index is 0.108. The van der Waals surface area contributed by atoms with Gasteiger partial charge in [0.25, 0.3) is 0 Å². The summed E-state index contributed by atoms with van der Waals surface area (Å²) in [7, 11) is 3.48. The molecule has 7 nitrogen and oxygen atoms in total. The summed E-state index contributed by atoms with van der Waals surface area (Å²) in [6.45, 7) is 1.33. The van der Waals surface area contributed by atoms with Crippen LogP contribution >= 0.6 is 0 Å². The van der Waals surface area contributed by atoms with E-state index in [1.165, 1.54) is 12.8 Å². The van der Waals surface area contributed by atoms with Crippen LogP contribution < -0.4 is 0 Å². The quantitative estimate of drug-likeness (QED) is 0.574. The number of ether oxygens (including phenoxy) is 1. The van der Waals surface area contributed by atoms with E-state index in [0.29, 0.717) is 24.8 Å². The summed E-state index contributed by atoms with van der Waals surface area (Å²) >= 11 is 0. The fourth-order valence-corrected chi connectivity index (χ4v) is 3.16. The summed E-state index contributed by atoms with van der Waals surface area (Å²) in [5.41, 5.74) is 3.47. The number of carbonyl (C=O) groups is 1. The van der Waals surface area contributed by atoms with Crippen molar-refractivity contribution in [3.05, 3.63) is 42.6 Å². The third-order valence-electron chi connectivity index (χ3n) is 4.90. The molecule has 1 saturated carbocycles. The Labute approximate surface area is 158 Å². The topological polar surface area (TPSA) is 74.8 Å². The van der Waals surface area contributed by atoms with Gasteiger partial charge in [-0.25, -0.2) is 9.97 Å². The highest BCUT2D eigenvalue weighted by atomic mass is 16.5. The third kappa shape index (κ3) is 3.83. The molecule has 0 aromatic carbocycles.